The minimum atomic E-state index is -1.66. The second kappa shape index (κ2) is 6.11. The Kier molecular flexibility index (Phi) is 4.44. The van der Waals surface area contributed by atoms with Gasteiger partial charge in [-0.1, -0.05) is 6.07 Å². The monoisotopic (exact) mass is 295 g/mol. The highest BCUT2D eigenvalue weighted by Crippen LogP contribution is 2.28. The van der Waals surface area contributed by atoms with Crippen molar-refractivity contribution in [2.24, 2.45) is 0 Å². The van der Waals surface area contributed by atoms with E-state index in [1.807, 2.05) is 0 Å². The highest BCUT2D eigenvalue weighted by atomic mass is 16.5. The lowest BCUT2D eigenvalue weighted by molar-refractivity contribution is -0.141. The first-order valence-electron chi connectivity index (χ1n) is 6.42. The van der Waals surface area contributed by atoms with Crippen LogP contribution in [0.25, 0.3) is 0 Å². The molecule has 1 aliphatic heterocycles. The standard InChI is InChI=1S/C14H17NO6/c1-20-9-4-3-8(7-10(9)21-2)5-6-15-13(18)11(16)12(17)14(15)19/h3-4,7,11-12,16-17H,5-6H2,1-2H3/t11-,12-/m1/s1. The summed E-state index contributed by atoms with van der Waals surface area (Å²) in [5, 5.41) is 18.7. The summed E-state index contributed by atoms with van der Waals surface area (Å²) in [6.45, 7) is 0.0846. The molecule has 7 nitrogen and oxygen atoms in total. The smallest absolute Gasteiger partial charge is 0.261 e. The number of ether oxygens (including phenoxy) is 2. The maximum atomic E-state index is 11.6. The van der Waals surface area contributed by atoms with Crippen LogP contribution in [-0.4, -0.2) is 59.9 Å². The Morgan fingerprint density at radius 2 is 1.62 bits per heavy atom. The molecule has 1 fully saturated rings. The maximum absolute atomic E-state index is 11.6. The van der Waals surface area contributed by atoms with Crippen molar-refractivity contribution in [2.75, 3.05) is 20.8 Å². The van der Waals surface area contributed by atoms with E-state index in [1.54, 1.807) is 18.2 Å². The Morgan fingerprint density at radius 1 is 1.05 bits per heavy atom. The van der Waals surface area contributed by atoms with E-state index in [1.165, 1.54) is 14.2 Å². The number of benzene rings is 1. The number of carbonyl (C=O) groups excluding carboxylic acids is 2. The molecule has 2 amide bonds. The van der Waals surface area contributed by atoms with Crippen molar-refractivity contribution in [1.29, 1.82) is 0 Å². The summed E-state index contributed by atoms with van der Waals surface area (Å²) in [5.41, 5.74) is 0.837. The Hall–Kier alpha value is -2.12. The van der Waals surface area contributed by atoms with E-state index in [0.717, 1.165) is 10.5 Å². The summed E-state index contributed by atoms with van der Waals surface area (Å²) in [5.74, 6) is -0.407. The van der Waals surface area contributed by atoms with E-state index in [2.05, 4.69) is 0 Å². The van der Waals surface area contributed by atoms with Crippen molar-refractivity contribution >= 4 is 11.8 Å². The third-order valence-electron chi connectivity index (χ3n) is 3.41. The molecular formula is C14H17NO6. The van der Waals surface area contributed by atoms with Crippen LogP contribution in [0.1, 0.15) is 5.56 Å². The van der Waals surface area contributed by atoms with Crippen molar-refractivity contribution in [1.82, 2.24) is 4.90 Å². The molecule has 1 saturated heterocycles. The second-order valence-corrected chi connectivity index (χ2v) is 4.66. The second-order valence-electron chi connectivity index (χ2n) is 4.66. The van der Waals surface area contributed by atoms with Crippen LogP contribution < -0.4 is 9.47 Å². The van der Waals surface area contributed by atoms with Gasteiger partial charge in [0, 0.05) is 6.54 Å². The molecule has 2 N–H and O–H groups in total. The molecule has 0 radical (unpaired) electrons. The first-order chi connectivity index (χ1) is 9.99. The predicted molar refractivity (Wildman–Crippen MR) is 72.0 cm³/mol. The number of aliphatic hydroxyl groups is 2. The number of imide groups is 1. The minimum absolute atomic E-state index is 0.0846. The van der Waals surface area contributed by atoms with E-state index in [4.69, 9.17) is 9.47 Å². The zero-order chi connectivity index (χ0) is 15.6. The van der Waals surface area contributed by atoms with Gasteiger partial charge in [0.25, 0.3) is 11.8 Å². The van der Waals surface area contributed by atoms with Gasteiger partial charge in [-0.15, -0.1) is 0 Å². The molecule has 0 spiro atoms. The first-order valence-corrected chi connectivity index (χ1v) is 6.42. The van der Waals surface area contributed by atoms with Gasteiger partial charge in [0.15, 0.2) is 23.7 Å². The molecule has 2 atom stereocenters. The Morgan fingerprint density at radius 3 is 2.14 bits per heavy atom. The van der Waals surface area contributed by atoms with Crippen LogP contribution in [0.2, 0.25) is 0 Å². The Labute approximate surface area is 121 Å². The molecule has 1 aromatic carbocycles. The van der Waals surface area contributed by atoms with E-state index < -0.39 is 24.0 Å². The lowest BCUT2D eigenvalue weighted by Crippen LogP contribution is -2.34. The van der Waals surface area contributed by atoms with Crippen molar-refractivity contribution in [3.8, 4) is 11.5 Å². The summed E-state index contributed by atoms with van der Waals surface area (Å²) >= 11 is 0. The van der Waals surface area contributed by atoms with Gasteiger partial charge >= 0.3 is 0 Å². The number of aliphatic hydroxyl groups excluding tert-OH is 2. The van der Waals surface area contributed by atoms with Crippen LogP contribution in [0.5, 0.6) is 11.5 Å². The van der Waals surface area contributed by atoms with Crippen LogP contribution in [0.3, 0.4) is 0 Å². The van der Waals surface area contributed by atoms with Crippen LogP contribution in [-0.2, 0) is 16.0 Å². The third-order valence-corrected chi connectivity index (χ3v) is 3.41. The number of hydrogen-bond acceptors (Lipinski definition) is 6. The van der Waals surface area contributed by atoms with E-state index in [-0.39, 0.29) is 6.54 Å². The lowest BCUT2D eigenvalue weighted by Gasteiger charge is -2.14. The molecular weight excluding hydrogens is 278 g/mol. The average molecular weight is 295 g/mol. The first kappa shape index (κ1) is 15.3. The number of likely N-dealkylation sites (tertiary alicyclic amines) is 1. The lowest BCUT2D eigenvalue weighted by atomic mass is 10.1. The van der Waals surface area contributed by atoms with Gasteiger partial charge in [0.05, 0.1) is 14.2 Å². The molecule has 0 aromatic heterocycles. The molecule has 7 heteroatoms. The maximum Gasteiger partial charge on any atom is 0.261 e. The van der Waals surface area contributed by atoms with E-state index in [9.17, 15) is 19.8 Å². The van der Waals surface area contributed by atoms with E-state index >= 15 is 0 Å². The third kappa shape index (κ3) is 2.84. The number of methoxy groups -OCH3 is 2. The van der Waals surface area contributed by atoms with Gasteiger partial charge in [0.2, 0.25) is 0 Å². The van der Waals surface area contributed by atoms with Crippen molar-refractivity contribution in [3.63, 3.8) is 0 Å². The van der Waals surface area contributed by atoms with Crippen LogP contribution in [0.15, 0.2) is 18.2 Å². The molecule has 1 heterocycles. The molecule has 0 bridgehead atoms. The zero-order valence-electron chi connectivity index (χ0n) is 11.8. The molecule has 114 valence electrons. The molecule has 0 aliphatic carbocycles. The van der Waals surface area contributed by atoms with Crippen LogP contribution >= 0.6 is 0 Å². The largest absolute Gasteiger partial charge is 0.493 e. The van der Waals surface area contributed by atoms with Gasteiger partial charge in [-0.25, -0.2) is 0 Å². The van der Waals surface area contributed by atoms with E-state index in [0.29, 0.717) is 17.9 Å². The molecule has 21 heavy (non-hydrogen) atoms. The number of hydrogen-bond donors (Lipinski definition) is 2. The zero-order valence-corrected chi connectivity index (χ0v) is 11.8. The van der Waals surface area contributed by atoms with Gasteiger partial charge < -0.3 is 19.7 Å². The fourth-order valence-electron chi connectivity index (χ4n) is 2.20. The minimum Gasteiger partial charge on any atom is -0.493 e. The van der Waals surface area contributed by atoms with Gasteiger partial charge in [-0.3, -0.25) is 14.5 Å². The van der Waals surface area contributed by atoms with Gasteiger partial charge in [0.1, 0.15) is 0 Å². The number of rotatable bonds is 5. The number of carbonyl (C=O) groups is 2. The summed E-state index contributed by atoms with van der Waals surface area (Å²) in [6.07, 6.45) is -2.94. The quantitative estimate of drug-likeness (QED) is 0.700. The highest BCUT2D eigenvalue weighted by Gasteiger charge is 2.45. The summed E-state index contributed by atoms with van der Waals surface area (Å²) in [6, 6.07) is 5.27. The predicted octanol–water partition coefficient (Wildman–Crippen LogP) is -0.663. The Balaban J connectivity index is 2.07. The molecule has 0 saturated carbocycles. The van der Waals surface area contributed by atoms with Gasteiger partial charge in [-0.2, -0.15) is 0 Å². The molecule has 1 aromatic rings. The van der Waals surface area contributed by atoms with Crippen LogP contribution in [0, 0.1) is 0 Å². The fourth-order valence-corrected chi connectivity index (χ4v) is 2.20. The Bertz CT molecular complexity index is 538. The highest BCUT2D eigenvalue weighted by molar-refractivity contribution is 6.07. The number of nitrogens with zero attached hydrogens (tertiary/aromatic N) is 1. The fraction of sp³-hybridized carbons (Fsp3) is 0.429. The van der Waals surface area contributed by atoms with Crippen molar-refractivity contribution in [3.05, 3.63) is 23.8 Å². The van der Waals surface area contributed by atoms with Crippen molar-refractivity contribution in [2.45, 2.75) is 18.6 Å². The summed E-state index contributed by atoms with van der Waals surface area (Å²) in [7, 11) is 3.05. The van der Waals surface area contributed by atoms with Gasteiger partial charge in [-0.05, 0) is 24.1 Å². The summed E-state index contributed by atoms with van der Waals surface area (Å²) < 4.78 is 10.3. The average Bonchev–Trinajstić information content (AvgIpc) is 2.69. The normalized spacial score (nSPS) is 21.8. The molecule has 1 aliphatic rings. The molecule has 2 rings (SSSR count). The topological polar surface area (TPSA) is 96.3 Å². The van der Waals surface area contributed by atoms with Crippen molar-refractivity contribution < 1.29 is 29.3 Å². The SMILES string of the molecule is COc1ccc(CCN2C(=O)[C@H](O)[C@@H](O)C2=O)cc1OC. The number of amides is 2. The molecule has 0 unspecified atom stereocenters. The van der Waals surface area contributed by atoms with Crippen LogP contribution in [0.4, 0.5) is 0 Å². The summed E-state index contributed by atoms with van der Waals surface area (Å²) in [4.78, 5) is 24.1.